The number of halogens is 1. The lowest BCUT2D eigenvalue weighted by Gasteiger charge is -2.38. The Kier molecular flexibility index (Phi) is 4.17. The fourth-order valence-corrected chi connectivity index (χ4v) is 3.26. The molecule has 0 amide bonds. The van der Waals surface area contributed by atoms with Crippen LogP contribution in [0, 0.1) is 0 Å². The third-order valence-corrected chi connectivity index (χ3v) is 4.91. The summed E-state index contributed by atoms with van der Waals surface area (Å²) in [5.74, 6) is 2.03. The number of aliphatic hydroxyl groups is 1. The maximum atomic E-state index is 9.19. The molecule has 1 aliphatic heterocycles. The molecule has 2 rings (SSSR count). The van der Waals surface area contributed by atoms with Crippen LogP contribution in [0.25, 0.3) is 0 Å². The number of anilines is 1. The SMILES string of the molecule is CC1SCCN(c2ccc(Cl)c(CO)n2)C1C. The van der Waals surface area contributed by atoms with Crippen LogP contribution in [0.5, 0.6) is 0 Å². The largest absolute Gasteiger partial charge is 0.390 e. The van der Waals surface area contributed by atoms with Gasteiger partial charge in [0.2, 0.25) is 0 Å². The summed E-state index contributed by atoms with van der Waals surface area (Å²) in [5.41, 5.74) is 0.558. The lowest BCUT2D eigenvalue weighted by molar-refractivity contribution is 0.277. The van der Waals surface area contributed by atoms with Gasteiger partial charge in [0.25, 0.3) is 0 Å². The first-order valence-electron chi connectivity index (χ1n) is 5.78. The van der Waals surface area contributed by atoms with E-state index in [1.54, 1.807) is 0 Å². The first kappa shape index (κ1) is 13.0. The number of nitrogens with zero attached hydrogens (tertiary/aromatic N) is 2. The molecule has 0 bridgehead atoms. The molecule has 0 saturated carbocycles. The lowest BCUT2D eigenvalue weighted by atomic mass is 10.2. The summed E-state index contributed by atoms with van der Waals surface area (Å²) in [4.78, 5) is 6.72. The van der Waals surface area contributed by atoms with Gasteiger partial charge in [-0.05, 0) is 19.1 Å². The molecule has 1 aromatic heterocycles. The first-order chi connectivity index (χ1) is 8.13. The fourth-order valence-electron chi connectivity index (χ4n) is 2.00. The zero-order valence-electron chi connectivity index (χ0n) is 10.1. The molecule has 2 unspecified atom stereocenters. The van der Waals surface area contributed by atoms with Crippen molar-refractivity contribution in [2.75, 3.05) is 17.2 Å². The monoisotopic (exact) mass is 272 g/mol. The second-order valence-corrected chi connectivity index (χ2v) is 6.16. The predicted molar refractivity (Wildman–Crippen MR) is 73.9 cm³/mol. The van der Waals surface area contributed by atoms with Crippen molar-refractivity contribution in [1.29, 1.82) is 0 Å². The minimum atomic E-state index is -0.112. The third kappa shape index (κ3) is 2.69. The first-order valence-corrected chi connectivity index (χ1v) is 7.20. The summed E-state index contributed by atoms with van der Waals surface area (Å²) >= 11 is 7.95. The van der Waals surface area contributed by atoms with Gasteiger partial charge in [-0.25, -0.2) is 4.98 Å². The maximum absolute atomic E-state index is 9.19. The smallest absolute Gasteiger partial charge is 0.129 e. The quantitative estimate of drug-likeness (QED) is 0.898. The van der Waals surface area contributed by atoms with Crippen molar-refractivity contribution >= 4 is 29.2 Å². The number of aliphatic hydroxyl groups excluding tert-OH is 1. The molecule has 1 fully saturated rings. The highest BCUT2D eigenvalue weighted by molar-refractivity contribution is 8.00. The lowest BCUT2D eigenvalue weighted by Crippen LogP contribution is -2.45. The van der Waals surface area contributed by atoms with Crippen LogP contribution in [-0.2, 0) is 6.61 Å². The number of rotatable bonds is 2. The molecular weight excluding hydrogens is 256 g/mol. The summed E-state index contributed by atoms with van der Waals surface area (Å²) in [5, 5.41) is 10.3. The van der Waals surface area contributed by atoms with Gasteiger partial charge in [-0.2, -0.15) is 11.8 Å². The molecule has 17 heavy (non-hydrogen) atoms. The molecule has 5 heteroatoms. The Labute approximate surface area is 111 Å². The molecule has 3 nitrogen and oxygen atoms in total. The summed E-state index contributed by atoms with van der Waals surface area (Å²) in [6.07, 6.45) is 0. The van der Waals surface area contributed by atoms with Gasteiger partial charge < -0.3 is 10.0 Å². The van der Waals surface area contributed by atoms with E-state index in [0.717, 1.165) is 18.1 Å². The Morgan fingerprint density at radius 3 is 3.00 bits per heavy atom. The van der Waals surface area contributed by atoms with Crippen LogP contribution >= 0.6 is 23.4 Å². The molecule has 0 spiro atoms. The molecular formula is C12H17ClN2OS. The Bertz CT molecular complexity index is 402. The molecule has 0 aromatic carbocycles. The van der Waals surface area contributed by atoms with Crippen LogP contribution in [0.1, 0.15) is 19.5 Å². The van der Waals surface area contributed by atoms with Crippen LogP contribution in [0.3, 0.4) is 0 Å². The highest BCUT2D eigenvalue weighted by atomic mass is 35.5. The molecule has 2 atom stereocenters. The molecule has 1 saturated heterocycles. The standard InChI is InChI=1S/C12H17ClN2OS/c1-8-9(2)17-6-5-15(8)12-4-3-10(13)11(7-16)14-12/h3-4,8-9,16H,5-7H2,1-2H3. The second-order valence-electron chi connectivity index (χ2n) is 4.27. The van der Waals surface area contributed by atoms with Crippen molar-refractivity contribution in [3.63, 3.8) is 0 Å². The molecule has 1 aromatic rings. The minimum absolute atomic E-state index is 0.112. The van der Waals surface area contributed by atoms with Crippen LogP contribution in [0.2, 0.25) is 5.02 Å². The third-order valence-electron chi connectivity index (χ3n) is 3.23. The van der Waals surface area contributed by atoms with Gasteiger partial charge in [0.05, 0.1) is 17.3 Å². The van der Waals surface area contributed by atoms with Crippen LogP contribution in [-0.4, -0.2) is 33.7 Å². The zero-order chi connectivity index (χ0) is 12.4. The highest BCUT2D eigenvalue weighted by Crippen LogP contribution is 2.29. The van der Waals surface area contributed by atoms with E-state index >= 15 is 0 Å². The topological polar surface area (TPSA) is 36.4 Å². The van der Waals surface area contributed by atoms with Crippen molar-refractivity contribution in [1.82, 2.24) is 4.98 Å². The summed E-state index contributed by atoms with van der Waals surface area (Å²) in [6, 6.07) is 4.20. The van der Waals surface area contributed by atoms with Crippen molar-refractivity contribution in [3.8, 4) is 0 Å². The number of hydrogen-bond donors (Lipinski definition) is 1. The van der Waals surface area contributed by atoms with E-state index in [9.17, 15) is 5.11 Å². The normalized spacial score (nSPS) is 25.1. The minimum Gasteiger partial charge on any atom is -0.390 e. The average Bonchev–Trinajstić information content (AvgIpc) is 2.34. The van der Waals surface area contributed by atoms with E-state index in [-0.39, 0.29) is 6.61 Å². The van der Waals surface area contributed by atoms with E-state index in [1.807, 2.05) is 23.9 Å². The van der Waals surface area contributed by atoms with E-state index in [4.69, 9.17) is 11.6 Å². The van der Waals surface area contributed by atoms with Crippen LogP contribution < -0.4 is 4.90 Å². The van der Waals surface area contributed by atoms with Gasteiger partial charge in [0.1, 0.15) is 5.82 Å². The van der Waals surface area contributed by atoms with Crippen molar-refractivity contribution in [3.05, 3.63) is 22.8 Å². The van der Waals surface area contributed by atoms with Gasteiger partial charge in [-0.1, -0.05) is 18.5 Å². The van der Waals surface area contributed by atoms with Crippen molar-refractivity contribution < 1.29 is 5.11 Å². The van der Waals surface area contributed by atoms with Crippen LogP contribution in [0.4, 0.5) is 5.82 Å². The van der Waals surface area contributed by atoms with E-state index in [0.29, 0.717) is 22.0 Å². The van der Waals surface area contributed by atoms with Crippen molar-refractivity contribution in [2.45, 2.75) is 31.7 Å². The summed E-state index contributed by atoms with van der Waals surface area (Å²) in [6.45, 7) is 5.34. The molecule has 1 aliphatic rings. The summed E-state index contributed by atoms with van der Waals surface area (Å²) in [7, 11) is 0. The van der Waals surface area contributed by atoms with Gasteiger partial charge in [0, 0.05) is 23.6 Å². The van der Waals surface area contributed by atoms with E-state index in [1.165, 1.54) is 0 Å². The fraction of sp³-hybridized carbons (Fsp3) is 0.583. The molecule has 0 aliphatic carbocycles. The van der Waals surface area contributed by atoms with Crippen LogP contribution in [0.15, 0.2) is 12.1 Å². The molecule has 1 N–H and O–H groups in total. The number of pyridine rings is 1. The van der Waals surface area contributed by atoms with E-state index in [2.05, 4.69) is 23.7 Å². The Hall–Kier alpha value is -0.450. The number of hydrogen-bond acceptors (Lipinski definition) is 4. The molecule has 0 radical (unpaired) electrons. The van der Waals surface area contributed by atoms with E-state index < -0.39 is 0 Å². The predicted octanol–water partition coefficient (Wildman–Crippen LogP) is 2.56. The molecule has 94 valence electrons. The summed E-state index contributed by atoms with van der Waals surface area (Å²) < 4.78 is 0. The maximum Gasteiger partial charge on any atom is 0.129 e. The Morgan fingerprint density at radius 2 is 2.29 bits per heavy atom. The Balaban J connectivity index is 2.27. The highest BCUT2D eigenvalue weighted by Gasteiger charge is 2.26. The second kappa shape index (κ2) is 5.46. The van der Waals surface area contributed by atoms with Gasteiger partial charge >= 0.3 is 0 Å². The number of thioether (sulfide) groups is 1. The average molecular weight is 273 g/mol. The van der Waals surface area contributed by atoms with Gasteiger partial charge in [-0.3, -0.25) is 0 Å². The molecule has 2 heterocycles. The van der Waals surface area contributed by atoms with Gasteiger partial charge in [-0.15, -0.1) is 0 Å². The van der Waals surface area contributed by atoms with Gasteiger partial charge in [0.15, 0.2) is 0 Å². The zero-order valence-corrected chi connectivity index (χ0v) is 11.6. The number of aromatic nitrogens is 1. The Morgan fingerprint density at radius 1 is 1.53 bits per heavy atom. The van der Waals surface area contributed by atoms with Crippen molar-refractivity contribution in [2.24, 2.45) is 0 Å².